The number of nitrogens with one attached hydrogen (secondary N) is 1. The highest BCUT2D eigenvalue weighted by Crippen LogP contribution is 2.26. The lowest BCUT2D eigenvalue weighted by Gasteiger charge is -2.32. The van der Waals surface area contributed by atoms with Crippen molar-refractivity contribution in [2.24, 2.45) is 0 Å². The van der Waals surface area contributed by atoms with Crippen LogP contribution in [0.2, 0.25) is 0 Å². The van der Waals surface area contributed by atoms with Crippen molar-refractivity contribution in [3.63, 3.8) is 0 Å². The minimum Gasteiger partial charge on any atom is -0.308 e. The van der Waals surface area contributed by atoms with Crippen molar-refractivity contribution in [3.05, 3.63) is 76.9 Å². The first-order valence-electron chi connectivity index (χ1n) is 9.78. The van der Waals surface area contributed by atoms with E-state index in [2.05, 4.69) is 76.7 Å². The molecule has 1 fully saturated rings. The molecule has 0 saturated carbocycles. The van der Waals surface area contributed by atoms with Gasteiger partial charge in [-0.25, -0.2) is 4.98 Å². The molecule has 0 aliphatic carbocycles. The molecule has 1 aromatic heterocycles. The fourth-order valence-electron chi connectivity index (χ4n) is 3.61. The Kier molecular flexibility index (Phi) is 5.97. The number of likely N-dealkylation sites (tertiary alicyclic amines) is 1. The van der Waals surface area contributed by atoms with Crippen LogP contribution >= 0.6 is 11.3 Å². The molecule has 3 nitrogen and oxygen atoms in total. The molecule has 1 aliphatic heterocycles. The summed E-state index contributed by atoms with van der Waals surface area (Å²) >= 11 is 1.80. The Bertz CT molecular complexity index is 834. The quantitative estimate of drug-likeness (QED) is 0.664. The van der Waals surface area contributed by atoms with Crippen molar-refractivity contribution in [2.45, 2.75) is 38.9 Å². The van der Waals surface area contributed by atoms with E-state index in [0.717, 1.165) is 13.1 Å². The summed E-state index contributed by atoms with van der Waals surface area (Å²) in [5.74, 6) is 0. The summed E-state index contributed by atoms with van der Waals surface area (Å²) in [6.07, 6.45) is 4.43. The van der Waals surface area contributed by atoms with E-state index >= 15 is 0 Å². The van der Waals surface area contributed by atoms with Gasteiger partial charge in [0.05, 0.1) is 4.88 Å². The molecule has 2 heterocycles. The molecule has 1 N–H and O–H groups in total. The van der Waals surface area contributed by atoms with Crippen LogP contribution in [0.4, 0.5) is 0 Å². The Balaban J connectivity index is 1.24. The lowest BCUT2D eigenvalue weighted by Crippen LogP contribution is -2.41. The highest BCUT2D eigenvalue weighted by Gasteiger charge is 2.19. The number of benzene rings is 2. The fraction of sp³-hybridized carbons (Fsp3) is 0.348. The van der Waals surface area contributed by atoms with Crippen LogP contribution in [0.25, 0.3) is 10.4 Å². The van der Waals surface area contributed by atoms with Crippen molar-refractivity contribution in [3.8, 4) is 10.4 Å². The third kappa shape index (κ3) is 5.04. The van der Waals surface area contributed by atoms with E-state index in [-0.39, 0.29) is 0 Å². The third-order valence-electron chi connectivity index (χ3n) is 5.27. The maximum atomic E-state index is 4.62. The van der Waals surface area contributed by atoms with E-state index < -0.39 is 0 Å². The van der Waals surface area contributed by atoms with Gasteiger partial charge in [-0.3, -0.25) is 4.90 Å². The highest BCUT2D eigenvalue weighted by atomic mass is 32.1. The molecule has 1 saturated heterocycles. The van der Waals surface area contributed by atoms with Crippen LogP contribution in [0, 0.1) is 6.92 Å². The van der Waals surface area contributed by atoms with Crippen molar-refractivity contribution in [1.82, 2.24) is 15.2 Å². The molecule has 2 aromatic carbocycles. The van der Waals surface area contributed by atoms with Gasteiger partial charge in [-0.1, -0.05) is 60.2 Å². The summed E-state index contributed by atoms with van der Waals surface area (Å²) in [4.78, 5) is 8.43. The van der Waals surface area contributed by atoms with E-state index in [1.807, 2.05) is 6.20 Å². The number of nitrogens with zero attached hydrogens (tertiary/aromatic N) is 2. The van der Waals surface area contributed by atoms with E-state index in [0.29, 0.717) is 6.04 Å². The number of thiazole rings is 1. The largest absolute Gasteiger partial charge is 0.308 e. The maximum absolute atomic E-state index is 4.62. The number of hydrogen-bond acceptors (Lipinski definition) is 4. The second-order valence-corrected chi connectivity index (χ2v) is 8.52. The van der Waals surface area contributed by atoms with E-state index in [1.54, 1.807) is 11.3 Å². The number of aryl methyl sites for hydroxylation is 1. The maximum Gasteiger partial charge on any atom is 0.107 e. The van der Waals surface area contributed by atoms with Gasteiger partial charge in [-0.15, -0.1) is 11.3 Å². The van der Waals surface area contributed by atoms with Crippen molar-refractivity contribution in [1.29, 1.82) is 0 Å². The lowest BCUT2D eigenvalue weighted by molar-refractivity contribution is 0.190. The summed E-state index contributed by atoms with van der Waals surface area (Å²) in [7, 11) is 0. The van der Waals surface area contributed by atoms with Gasteiger partial charge >= 0.3 is 0 Å². The van der Waals surface area contributed by atoms with E-state index in [9.17, 15) is 0 Å². The molecule has 140 valence electrons. The van der Waals surface area contributed by atoms with Crippen LogP contribution in [0.15, 0.2) is 60.8 Å². The van der Waals surface area contributed by atoms with Crippen LogP contribution in [0.3, 0.4) is 0 Å². The Morgan fingerprint density at radius 3 is 2.52 bits per heavy atom. The molecule has 27 heavy (non-hydrogen) atoms. The molecule has 3 aromatic rings. The molecule has 0 unspecified atom stereocenters. The van der Waals surface area contributed by atoms with Gasteiger partial charge in [0.1, 0.15) is 5.01 Å². The number of piperidine rings is 1. The normalized spacial score (nSPS) is 15.9. The third-order valence-corrected chi connectivity index (χ3v) is 6.31. The van der Waals surface area contributed by atoms with Crippen LogP contribution in [0.5, 0.6) is 0 Å². The number of rotatable bonds is 6. The van der Waals surface area contributed by atoms with Crippen molar-refractivity contribution in [2.75, 3.05) is 13.1 Å². The highest BCUT2D eigenvalue weighted by molar-refractivity contribution is 7.15. The number of hydrogen-bond donors (Lipinski definition) is 1. The predicted molar refractivity (Wildman–Crippen MR) is 114 cm³/mol. The average Bonchev–Trinajstić information content (AvgIpc) is 3.18. The molecule has 4 heteroatoms. The van der Waals surface area contributed by atoms with Gasteiger partial charge in [-0.05, 0) is 44.0 Å². The average molecular weight is 378 g/mol. The molecule has 1 aliphatic rings. The van der Waals surface area contributed by atoms with Crippen molar-refractivity contribution < 1.29 is 0 Å². The second kappa shape index (κ2) is 8.79. The first-order chi connectivity index (χ1) is 13.3. The molecular formula is C23H27N3S. The smallest absolute Gasteiger partial charge is 0.107 e. The Morgan fingerprint density at radius 1 is 1.04 bits per heavy atom. The molecule has 0 bridgehead atoms. The fourth-order valence-corrected chi connectivity index (χ4v) is 4.49. The first-order valence-corrected chi connectivity index (χ1v) is 10.6. The van der Waals surface area contributed by atoms with Crippen LogP contribution in [-0.2, 0) is 13.1 Å². The zero-order valence-electron chi connectivity index (χ0n) is 15.9. The Labute approximate surface area is 166 Å². The Morgan fingerprint density at radius 2 is 1.78 bits per heavy atom. The molecule has 0 atom stereocenters. The molecule has 0 amide bonds. The summed E-state index contributed by atoms with van der Waals surface area (Å²) in [6, 6.07) is 20.1. The molecule has 0 spiro atoms. The minimum absolute atomic E-state index is 0.601. The summed E-state index contributed by atoms with van der Waals surface area (Å²) in [6.45, 7) is 6.40. The second-order valence-electron chi connectivity index (χ2n) is 7.40. The van der Waals surface area contributed by atoms with E-state index in [4.69, 9.17) is 0 Å². The van der Waals surface area contributed by atoms with E-state index in [1.165, 1.54) is 52.5 Å². The summed E-state index contributed by atoms with van der Waals surface area (Å²) in [5, 5.41) is 4.90. The number of aromatic nitrogens is 1. The van der Waals surface area contributed by atoms with Gasteiger partial charge in [0.25, 0.3) is 0 Å². The minimum atomic E-state index is 0.601. The standard InChI is InChI=1S/C23H27N3S/c1-18-7-9-20(10-8-18)22-15-25-23(27-22)16-24-21-11-13-26(14-12-21)17-19-5-3-2-4-6-19/h2-10,15,21,24H,11-14,16-17H2,1H3. The topological polar surface area (TPSA) is 28.2 Å². The zero-order valence-corrected chi connectivity index (χ0v) is 16.7. The first kappa shape index (κ1) is 18.4. The summed E-state index contributed by atoms with van der Waals surface area (Å²) < 4.78 is 0. The van der Waals surface area contributed by atoms with Gasteiger partial charge in [-0.2, -0.15) is 0 Å². The SMILES string of the molecule is Cc1ccc(-c2cnc(CNC3CCN(Cc4ccccc4)CC3)s2)cc1. The van der Waals surface area contributed by atoms with Crippen LogP contribution in [-0.4, -0.2) is 29.0 Å². The summed E-state index contributed by atoms with van der Waals surface area (Å²) in [5.41, 5.74) is 3.97. The lowest BCUT2D eigenvalue weighted by atomic mass is 10.0. The Hall–Kier alpha value is -2.01. The van der Waals surface area contributed by atoms with Gasteiger partial charge < -0.3 is 5.32 Å². The van der Waals surface area contributed by atoms with Gasteiger partial charge in [0, 0.05) is 25.3 Å². The molecule has 0 radical (unpaired) electrons. The van der Waals surface area contributed by atoms with Crippen LogP contribution in [0.1, 0.15) is 29.0 Å². The molecular weight excluding hydrogens is 350 g/mol. The monoisotopic (exact) mass is 377 g/mol. The van der Waals surface area contributed by atoms with Gasteiger partial charge in [0.15, 0.2) is 0 Å². The zero-order chi connectivity index (χ0) is 18.5. The van der Waals surface area contributed by atoms with Crippen molar-refractivity contribution >= 4 is 11.3 Å². The van der Waals surface area contributed by atoms with Gasteiger partial charge in [0.2, 0.25) is 0 Å². The molecule has 4 rings (SSSR count). The van der Waals surface area contributed by atoms with Crippen LogP contribution < -0.4 is 5.32 Å². The predicted octanol–water partition coefficient (Wildman–Crippen LogP) is 4.87.